The number of nitrogens with zero attached hydrogens (tertiary/aromatic N) is 2. The van der Waals surface area contributed by atoms with Crippen molar-refractivity contribution in [2.75, 3.05) is 12.3 Å². The molecule has 4 rings (SSSR count). The first-order valence-corrected chi connectivity index (χ1v) is 10.9. The van der Waals surface area contributed by atoms with Crippen LogP contribution in [-0.2, 0) is 6.42 Å². The second-order valence-electron chi connectivity index (χ2n) is 10.0. The van der Waals surface area contributed by atoms with Gasteiger partial charge in [-0.1, -0.05) is 34.6 Å². The number of fused-ring (bicyclic) bond motifs is 3. The van der Waals surface area contributed by atoms with Gasteiger partial charge in [-0.3, -0.25) is 4.79 Å². The molecular weight excluding hydrogens is 354 g/mol. The van der Waals surface area contributed by atoms with Crippen molar-refractivity contribution in [1.29, 1.82) is 0 Å². The van der Waals surface area contributed by atoms with Gasteiger partial charge >= 0.3 is 0 Å². The van der Waals surface area contributed by atoms with Gasteiger partial charge in [0.25, 0.3) is 5.91 Å². The highest BCUT2D eigenvalue weighted by atomic mass is 32.1. The Labute approximate surface area is 166 Å². The van der Waals surface area contributed by atoms with Crippen LogP contribution in [0, 0.1) is 16.7 Å². The van der Waals surface area contributed by atoms with Crippen molar-refractivity contribution in [2.24, 2.45) is 16.7 Å². The summed E-state index contributed by atoms with van der Waals surface area (Å²) in [6.07, 6.45) is 4.32. The summed E-state index contributed by atoms with van der Waals surface area (Å²) in [6.45, 7) is 12.2. The first-order valence-electron chi connectivity index (χ1n) is 10.1. The van der Waals surface area contributed by atoms with Crippen LogP contribution in [0.1, 0.15) is 69.2 Å². The van der Waals surface area contributed by atoms with Crippen molar-refractivity contribution in [1.82, 2.24) is 9.88 Å². The summed E-state index contributed by atoms with van der Waals surface area (Å²) in [5.74, 6) is 0.656. The number of hydrogen-bond donors (Lipinski definition) is 1. The van der Waals surface area contributed by atoms with Gasteiger partial charge < -0.3 is 10.6 Å². The third kappa shape index (κ3) is 3.14. The topological polar surface area (TPSA) is 59.2 Å². The van der Waals surface area contributed by atoms with E-state index in [4.69, 9.17) is 10.7 Å². The van der Waals surface area contributed by atoms with Crippen LogP contribution in [0.5, 0.6) is 0 Å². The summed E-state index contributed by atoms with van der Waals surface area (Å²) < 4.78 is 0. The first kappa shape index (κ1) is 18.7. The van der Waals surface area contributed by atoms with Crippen LogP contribution in [-0.4, -0.2) is 28.4 Å². The molecule has 2 N–H and O–H groups in total. The maximum absolute atomic E-state index is 13.5. The number of carbonyl (C=O) groups excluding carboxylic acids is 1. The number of nitrogens with two attached hydrogens (primary N) is 1. The molecule has 5 heteroatoms. The Morgan fingerprint density at radius 2 is 2.11 bits per heavy atom. The molecule has 2 aromatic rings. The highest BCUT2D eigenvalue weighted by Gasteiger charge is 2.53. The van der Waals surface area contributed by atoms with Crippen molar-refractivity contribution in [3.8, 4) is 0 Å². The van der Waals surface area contributed by atoms with Gasteiger partial charge in [-0.2, -0.15) is 0 Å². The summed E-state index contributed by atoms with van der Waals surface area (Å²) in [4.78, 5) is 21.9. The minimum atomic E-state index is 0.0999. The second kappa shape index (κ2) is 6.20. The number of carbonyl (C=O) groups is 1. The number of rotatable bonds is 3. The molecule has 0 radical (unpaired) electrons. The normalized spacial score (nSPS) is 26.9. The molecule has 4 nitrogen and oxygen atoms in total. The van der Waals surface area contributed by atoms with Crippen molar-refractivity contribution >= 4 is 33.1 Å². The minimum Gasteiger partial charge on any atom is -0.397 e. The number of pyridine rings is 1. The fraction of sp³-hybridized carbons (Fsp3) is 0.636. The van der Waals surface area contributed by atoms with Crippen molar-refractivity contribution in [2.45, 2.75) is 66.3 Å². The summed E-state index contributed by atoms with van der Waals surface area (Å²) in [5.41, 5.74) is 8.63. The highest BCUT2D eigenvalue weighted by molar-refractivity contribution is 7.21. The van der Waals surface area contributed by atoms with E-state index in [-0.39, 0.29) is 11.3 Å². The number of thiophene rings is 1. The molecule has 1 saturated carbocycles. The number of piperidine rings is 1. The van der Waals surface area contributed by atoms with Crippen molar-refractivity contribution in [3.05, 3.63) is 22.7 Å². The standard InChI is InChI=1S/C22H31N3OS/c1-13(2)10-14-6-7-15-17(23)18(27-19(15)24-14)20(26)25-9-8-22(5)11-16(25)21(3,4)12-22/h6-7,13,16H,8-12,23H2,1-5H3. The maximum atomic E-state index is 13.5. The molecule has 27 heavy (non-hydrogen) atoms. The van der Waals surface area contributed by atoms with Crippen LogP contribution in [0.3, 0.4) is 0 Å². The van der Waals surface area contributed by atoms with Crippen LogP contribution in [0.2, 0.25) is 0 Å². The van der Waals surface area contributed by atoms with E-state index in [0.29, 0.717) is 27.9 Å². The van der Waals surface area contributed by atoms with Crippen LogP contribution in [0.4, 0.5) is 5.69 Å². The van der Waals surface area contributed by atoms with Crippen molar-refractivity contribution < 1.29 is 4.79 Å². The molecule has 1 amide bonds. The average molecular weight is 386 g/mol. The van der Waals surface area contributed by atoms with Gasteiger partial charge in [0.1, 0.15) is 9.71 Å². The highest BCUT2D eigenvalue weighted by Crippen LogP contribution is 2.56. The lowest BCUT2D eigenvalue weighted by Crippen LogP contribution is -2.48. The molecule has 2 atom stereocenters. The van der Waals surface area contributed by atoms with Crippen LogP contribution in [0.25, 0.3) is 10.2 Å². The van der Waals surface area contributed by atoms with E-state index in [2.05, 4.69) is 39.5 Å². The lowest BCUT2D eigenvalue weighted by molar-refractivity contribution is 0.0480. The summed E-state index contributed by atoms with van der Waals surface area (Å²) >= 11 is 1.46. The Morgan fingerprint density at radius 3 is 2.81 bits per heavy atom. The Kier molecular flexibility index (Phi) is 4.30. The predicted molar refractivity (Wildman–Crippen MR) is 113 cm³/mol. The Morgan fingerprint density at radius 1 is 1.37 bits per heavy atom. The first-order chi connectivity index (χ1) is 12.6. The quantitative estimate of drug-likeness (QED) is 0.798. The lowest BCUT2D eigenvalue weighted by Gasteiger charge is -2.40. The molecule has 1 aliphatic heterocycles. The SMILES string of the molecule is CC(C)Cc1ccc2c(N)c(C(=O)N3CCC4(C)CC3C(C)(C)C4)sc2n1. The van der Waals surface area contributed by atoms with Crippen LogP contribution in [0.15, 0.2) is 12.1 Å². The number of hydrogen-bond acceptors (Lipinski definition) is 4. The van der Waals surface area contributed by atoms with Gasteiger partial charge in [-0.25, -0.2) is 4.98 Å². The predicted octanol–water partition coefficient (Wildman–Crippen LogP) is 5.12. The monoisotopic (exact) mass is 385 g/mol. The number of aromatic nitrogens is 1. The lowest BCUT2D eigenvalue weighted by atomic mass is 9.81. The third-order valence-electron chi connectivity index (χ3n) is 6.53. The van der Waals surface area contributed by atoms with Crippen molar-refractivity contribution in [3.63, 3.8) is 0 Å². The summed E-state index contributed by atoms with van der Waals surface area (Å²) in [6, 6.07) is 4.39. The molecule has 2 unspecified atom stereocenters. The number of nitrogen functional groups attached to an aromatic ring is 1. The number of likely N-dealkylation sites (tertiary alicyclic amines) is 1. The van der Waals surface area contributed by atoms with Crippen LogP contribution < -0.4 is 5.73 Å². The fourth-order valence-corrected chi connectivity index (χ4v) is 6.47. The second-order valence-corrected chi connectivity index (χ2v) is 11.0. The summed E-state index contributed by atoms with van der Waals surface area (Å²) in [5, 5.41) is 0.920. The Hall–Kier alpha value is -1.62. The van der Waals surface area contributed by atoms with Gasteiger partial charge in [0.15, 0.2) is 0 Å². The van der Waals surface area contributed by atoms with E-state index in [0.717, 1.165) is 41.7 Å². The molecule has 1 saturated heterocycles. The zero-order chi connectivity index (χ0) is 19.6. The molecule has 3 heterocycles. The number of anilines is 1. The smallest absolute Gasteiger partial charge is 0.266 e. The molecule has 146 valence electrons. The molecule has 2 aromatic heterocycles. The van der Waals surface area contributed by atoms with Gasteiger partial charge in [-0.15, -0.1) is 11.3 Å². The largest absolute Gasteiger partial charge is 0.397 e. The molecule has 2 aliphatic rings. The summed E-state index contributed by atoms with van der Waals surface area (Å²) in [7, 11) is 0. The van der Waals surface area contributed by atoms with E-state index in [1.807, 2.05) is 12.1 Å². The van der Waals surface area contributed by atoms with E-state index in [9.17, 15) is 4.79 Å². The minimum absolute atomic E-state index is 0.0999. The van der Waals surface area contributed by atoms with E-state index in [1.165, 1.54) is 17.8 Å². The average Bonchev–Trinajstić information content (AvgIpc) is 2.98. The van der Waals surface area contributed by atoms with Gasteiger partial charge in [0.2, 0.25) is 0 Å². The number of amides is 1. The zero-order valence-electron chi connectivity index (χ0n) is 17.1. The van der Waals surface area contributed by atoms with Gasteiger partial charge in [-0.05, 0) is 54.6 Å². The Bertz CT molecular complexity index is 900. The van der Waals surface area contributed by atoms with E-state index in [1.54, 1.807) is 0 Å². The molecule has 0 spiro atoms. The zero-order valence-corrected chi connectivity index (χ0v) is 17.9. The molecule has 0 aromatic carbocycles. The van der Waals surface area contributed by atoms with Gasteiger partial charge in [0, 0.05) is 23.7 Å². The van der Waals surface area contributed by atoms with E-state index < -0.39 is 0 Å². The molecule has 2 fully saturated rings. The van der Waals surface area contributed by atoms with Crippen LogP contribution >= 0.6 is 11.3 Å². The molecule has 1 aliphatic carbocycles. The Balaban J connectivity index is 1.68. The molecule has 2 bridgehead atoms. The fourth-order valence-electron chi connectivity index (χ4n) is 5.40. The third-order valence-corrected chi connectivity index (χ3v) is 7.63. The van der Waals surface area contributed by atoms with E-state index >= 15 is 0 Å². The maximum Gasteiger partial charge on any atom is 0.266 e. The van der Waals surface area contributed by atoms with Gasteiger partial charge in [0.05, 0.1) is 5.69 Å². The molecular formula is C22H31N3OS.